The summed E-state index contributed by atoms with van der Waals surface area (Å²) in [7, 11) is 1.46. The molecule has 3 aromatic rings. The Hall–Kier alpha value is -3.45. The van der Waals surface area contributed by atoms with Crippen LogP contribution in [0.4, 0.5) is 0 Å². The Morgan fingerprint density at radius 1 is 1.23 bits per heavy atom. The summed E-state index contributed by atoms with van der Waals surface area (Å²) in [6.07, 6.45) is 0.621. The molecule has 0 saturated heterocycles. The second kappa shape index (κ2) is 8.00. The molecule has 1 unspecified atom stereocenters. The average molecular weight is 442 g/mol. The van der Waals surface area contributed by atoms with Gasteiger partial charge in [0.15, 0.2) is 22.9 Å². The summed E-state index contributed by atoms with van der Waals surface area (Å²) < 4.78 is 11.0. The molecule has 1 atom stereocenters. The Bertz CT molecular complexity index is 1230. The van der Waals surface area contributed by atoms with Crippen LogP contribution in [-0.2, 0) is 4.79 Å². The highest BCUT2D eigenvalue weighted by Gasteiger charge is 2.44. The number of hydrogen-bond donors (Lipinski definition) is 2. The zero-order valence-electron chi connectivity index (χ0n) is 16.9. The van der Waals surface area contributed by atoms with Crippen molar-refractivity contribution in [3.8, 4) is 11.5 Å². The van der Waals surface area contributed by atoms with Crippen LogP contribution < -0.4 is 4.74 Å². The number of ketones is 1. The standard InChI is InChI=1S/C23H20ClNO6/c1-3-7-25-19(12-5-4-6-15(26)9-12)18(21(28)23(25)29)20(27)16-10-13-8-14(24)11-17(30-2)22(13)31-16/h4-6,8-11,19,26,28H,3,7H2,1-2H3. The third-order valence-corrected chi connectivity index (χ3v) is 5.41. The monoisotopic (exact) mass is 441 g/mol. The van der Waals surface area contributed by atoms with Crippen molar-refractivity contribution in [3.05, 3.63) is 70.1 Å². The van der Waals surface area contributed by atoms with Crippen LogP contribution in [0.25, 0.3) is 11.0 Å². The molecule has 8 heteroatoms. The Balaban J connectivity index is 1.85. The lowest BCUT2D eigenvalue weighted by molar-refractivity contribution is -0.129. The molecule has 1 aromatic heterocycles. The Morgan fingerprint density at radius 2 is 2.00 bits per heavy atom. The number of halogens is 1. The van der Waals surface area contributed by atoms with Crippen molar-refractivity contribution in [2.45, 2.75) is 19.4 Å². The maximum atomic E-state index is 13.4. The predicted octanol–water partition coefficient (Wildman–Crippen LogP) is 4.79. The van der Waals surface area contributed by atoms with Crippen LogP contribution in [0.5, 0.6) is 11.5 Å². The summed E-state index contributed by atoms with van der Waals surface area (Å²) in [5.41, 5.74) is 0.734. The highest BCUT2D eigenvalue weighted by molar-refractivity contribution is 6.31. The van der Waals surface area contributed by atoms with Crippen molar-refractivity contribution >= 4 is 34.3 Å². The van der Waals surface area contributed by atoms with Gasteiger partial charge in [-0.2, -0.15) is 0 Å². The molecule has 0 fully saturated rings. The first-order valence-corrected chi connectivity index (χ1v) is 10.1. The molecule has 2 heterocycles. The smallest absolute Gasteiger partial charge is 0.290 e. The first-order chi connectivity index (χ1) is 14.8. The maximum Gasteiger partial charge on any atom is 0.290 e. The van der Waals surface area contributed by atoms with Gasteiger partial charge >= 0.3 is 0 Å². The first kappa shape index (κ1) is 20.8. The molecule has 160 valence electrons. The van der Waals surface area contributed by atoms with Crippen LogP contribution in [0.3, 0.4) is 0 Å². The number of aliphatic hydroxyl groups excluding tert-OH is 1. The molecule has 0 bridgehead atoms. The van der Waals surface area contributed by atoms with Crippen LogP contribution in [0.2, 0.25) is 5.02 Å². The van der Waals surface area contributed by atoms with E-state index in [0.717, 1.165) is 0 Å². The quantitative estimate of drug-likeness (QED) is 0.533. The van der Waals surface area contributed by atoms with Gasteiger partial charge in [0.25, 0.3) is 5.91 Å². The van der Waals surface area contributed by atoms with E-state index in [4.69, 9.17) is 20.8 Å². The van der Waals surface area contributed by atoms with Gasteiger partial charge in [0.1, 0.15) is 5.75 Å². The lowest BCUT2D eigenvalue weighted by atomic mass is 9.95. The molecule has 7 nitrogen and oxygen atoms in total. The number of Topliss-reactive ketones (excluding diaryl/α,β-unsaturated/α-hetero) is 1. The number of carbonyl (C=O) groups excluding carboxylic acids is 2. The normalized spacial score (nSPS) is 16.4. The van der Waals surface area contributed by atoms with Gasteiger partial charge in [-0.1, -0.05) is 30.7 Å². The molecule has 0 spiro atoms. The van der Waals surface area contributed by atoms with E-state index in [1.54, 1.807) is 24.3 Å². The fourth-order valence-electron chi connectivity index (χ4n) is 3.88. The van der Waals surface area contributed by atoms with Crippen LogP contribution in [0, 0.1) is 0 Å². The molecule has 1 aliphatic rings. The van der Waals surface area contributed by atoms with E-state index >= 15 is 0 Å². The van der Waals surface area contributed by atoms with Crippen molar-refractivity contribution in [1.29, 1.82) is 0 Å². The van der Waals surface area contributed by atoms with Crippen LogP contribution in [0.15, 0.2) is 58.2 Å². The third-order valence-electron chi connectivity index (χ3n) is 5.19. The highest BCUT2D eigenvalue weighted by atomic mass is 35.5. The van der Waals surface area contributed by atoms with Crippen LogP contribution >= 0.6 is 11.6 Å². The van der Waals surface area contributed by atoms with Gasteiger partial charge in [-0.25, -0.2) is 0 Å². The molecule has 2 N–H and O–H groups in total. The Morgan fingerprint density at radius 3 is 2.68 bits per heavy atom. The minimum Gasteiger partial charge on any atom is -0.508 e. The van der Waals surface area contributed by atoms with E-state index < -0.39 is 23.5 Å². The SMILES string of the molecule is CCCN1C(=O)C(O)=C(C(=O)c2cc3cc(Cl)cc(OC)c3o2)C1c1cccc(O)c1. The third kappa shape index (κ3) is 3.51. The summed E-state index contributed by atoms with van der Waals surface area (Å²) in [5, 5.41) is 21.5. The highest BCUT2D eigenvalue weighted by Crippen LogP contribution is 2.41. The van der Waals surface area contributed by atoms with Gasteiger partial charge in [0.05, 0.1) is 18.7 Å². The predicted molar refractivity (Wildman–Crippen MR) is 115 cm³/mol. The van der Waals surface area contributed by atoms with E-state index in [-0.39, 0.29) is 17.1 Å². The summed E-state index contributed by atoms with van der Waals surface area (Å²) >= 11 is 6.10. The number of nitrogens with zero attached hydrogens (tertiary/aromatic N) is 1. The zero-order valence-corrected chi connectivity index (χ0v) is 17.6. The zero-order chi connectivity index (χ0) is 22.3. The molecule has 2 aromatic carbocycles. The number of aliphatic hydroxyl groups is 1. The number of carbonyl (C=O) groups is 2. The number of ether oxygens (including phenoxy) is 1. The van der Waals surface area contributed by atoms with Crippen molar-refractivity contribution in [2.24, 2.45) is 0 Å². The van der Waals surface area contributed by atoms with Gasteiger partial charge in [-0.15, -0.1) is 0 Å². The molecule has 1 amide bonds. The molecule has 1 aliphatic heterocycles. The molecule has 0 saturated carbocycles. The molecule has 0 radical (unpaired) electrons. The van der Waals surface area contributed by atoms with Crippen molar-refractivity contribution in [2.75, 3.05) is 13.7 Å². The van der Waals surface area contributed by atoms with Gasteiger partial charge in [-0.3, -0.25) is 9.59 Å². The lowest BCUT2D eigenvalue weighted by Gasteiger charge is -2.26. The lowest BCUT2D eigenvalue weighted by Crippen LogP contribution is -2.31. The Kier molecular flexibility index (Phi) is 5.37. The summed E-state index contributed by atoms with van der Waals surface area (Å²) in [4.78, 5) is 27.6. The first-order valence-electron chi connectivity index (χ1n) is 9.70. The molecule has 4 rings (SSSR count). The number of hydrogen-bond acceptors (Lipinski definition) is 6. The van der Waals surface area contributed by atoms with Gasteiger partial charge in [-0.05, 0) is 36.2 Å². The molecular formula is C23H20ClNO6. The summed E-state index contributed by atoms with van der Waals surface area (Å²) in [6, 6.07) is 10.1. The van der Waals surface area contributed by atoms with E-state index in [1.165, 1.54) is 30.2 Å². The van der Waals surface area contributed by atoms with Gasteiger partial charge in [0, 0.05) is 23.0 Å². The fourth-order valence-corrected chi connectivity index (χ4v) is 4.10. The molecule has 31 heavy (non-hydrogen) atoms. The average Bonchev–Trinajstić information content (AvgIpc) is 3.27. The second-order valence-electron chi connectivity index (χ2n) is 7.22. The topological polar surface area (TPSA) is 100 Å². The van der Waals surface area contributed by atoms with Crippen molar-refractivity contribution in [3.63, 3.8) is 0 Å². The van der Waals surface area contributed by atoms with Crippen molar-refractivity contribution in [1.82, 2.24) is 4.90 Å². The van der Waals surface area contributed by atoms with E-state index in [1.807, 2.05) is 6.92 Å². The molecule has 0 aliphatic carbocycles. The van der Waals surface area contributed by atoms with Crippen molar-refractivity contribution < 1.29 is 29.0 Å². The van der Waals surface area contributed by atoms with E-state index in [0.29, 0.717) is 40.3 Å². The number of methoxy groups -OCH3 is 1. The van der Waals surface area contributed by atoms with Gasteiger partial charge < -0.3 is 24.3 Å². The largest absolute Gasteiger partial charge is 0.508 e. The number of fused-ring (bicyclic) bond motifs is 1. The fraction of sp³-hybridized carbons (Fsp3) is 0.217. The number of phenols is 1. The maximum absolute atomic E-state index is 13.4. The summed E-state index contributed by atoms with van der Waals surface area (Å²) in [6.45, 7) is 2.21. The summed E-state index contributed by atoms with van der Waals surface area (Å²) in [5.74, 6) is -1.62. The number of furan rings is 1. The number of rotatable bonds is 6. The Labute approximate surface area is 183 Å². The van der Waals surface area contributed by atoms with E-state index in [2.05, 4.69) is 0 Å². The van der Waals surface area contributed by atoms with Gasteiger partial charge in [0.2, 0.25) is 5.78 Å². The second-order valence-corrected chi connectivity index (χ2v) is 7.66. The van der Waals surface area contributed by atoms with Crippen LogP contribution in [-0.4, -0.2) is 40.5 Å². The molecular weight excluding hydrogens is 422 g/mol. The number of phenolic OH excluding ortho intramolecular Hbond substituents is 1. The minimum absolute atomic E-state index is 0.0114. The number of benzene rings is 2. The van der Waals surface area contributed by atoms with E-state index in [9.17, 15) is 19.8 Å². The van der Waals surface area contributed by atoms with Crippen LogP contribution in [0.1, 0.15) is 35.5 Å². The number of aromatic hydroxyl groups is 1. The minimum atomic E-state index is -0.856. The number of amides is 1.